The van der Waals surface area contributed by atoms with Crippen LogP contribution in [-0.2, 0) is 0 Å². The van der Waals surface area contributed by atoms with Gasteiger partial charge in [-0.25, -0.2) is 0 Å². The summed E-state index contributed by atoms with van der Waals surface area (Å²) in [6.07, 6.45) is 6.54. The smallest absolute Gasteiger partial charge is 0.160 e. The Hall–Kier alpha value is -1.22. The molecule has 0 bridgehead atoms. The second kappa shape index (κ2) is 7.53. The van der Waals surface area contributed by atoms with Crippen molar-refractivity contribution in [2.45, 2.75) is 51.0 Å². The van der Waals surface area contributed by atoms with Gasteiger partial charge in [0.2, 0.25) is 0 Å². The molecule has 2 unspecified atom stereocenters. The molecule has 0 spiro atoms. The molecule has 1 N–H and O–H groups in total. The van der Waals surface area contributed by atoms with E-state index in [1.807, 2.05) is 6.07 Å². The van der Waals surface area contributed by atoms with Gasteiger partial charge in [0.25, 0.3) is 0 Å². The van der Waals surface area contributed by atoms with Crippen LogP contribution in [0.1, 0.15) is 50.5 Å². The minimum Gasteiger partial charge on any atom is -0.493 e. The summed E-state index contributed by atoms with van der Waals surface area (Å²) >= 11 is 0. The average Bonchev–Trinajstić information content (AvgIpc) is 2.72. The lowest BCUT2D eigenvalue weighted by molar-refractivity contribution is 0.352. The van der Waals surface area contributed by atoms with E-state index in [4.69, 9.17) is 9.47 Å². The first-order valence-corrected chi connectivity index (χ1v) is 7.75. The molecule has 0 amide bonds. The fraction of sp³-hybridized carbons (Fsp3) is 0.647. The van der Waals surface area contributed by atoms with Gasteiger partial charge in [0.1, 0.15) is 0 Å². The van der Waals surface area contributed by atoms with Crippen molar-refractivity contribution in [3.8, 4) is 11.5 Å². The number of rotatable bonds is 5. The molecule has 2 atom stereocenters. The van der Waals surface area contributed by atoms with Crippen molar-refractivity contribution in [3.05, 3.63) is 23.8 Å². The van der Waals surface area contributed by atoms with Crippen molar-refractivity contribution in [1.82, 2.24) is 5.32 Å². The predicted octanol–water partition coefficient (Wildman–Crippen LogP) is 3.73. The second-order valence-corrected chi connectivity index (χ2v) is 5.52. The van der Waals surface area contributed by atoms with Crippen LogP contribution in [0.25, 0.3) is 0 Å². The van der Waals surface area contributed by atoms with Gasteiger partial charge in [-0.05, 0) is 43.0 Å². The number of methoxy groups -OCH3 is 2. The standard InChI is InChI=1S/C17H27NO2/c1-4-18-15-9-7-5-6-8-14(15)13-10-11-16(19-2)17(12-13)20-3/h10-12,14-15,18H,4-9H2,1-3H3. The van der Waals surface area contributed by atoms with E-state index >= 15 is 0 Å². The summed E-state index contributed by atoms with van der Waals surface area (Å²) in [5.74, 6) is 2.23. The third-order valence-electron chi connectivity index (χ3n) is 4.32. The molecule has 0 aromatic heterocycles. The summed E-state index contributed by atoms with van der Waals surface area (Å²) in [4.78, 5) is 0. The van der Waals surface area contributed by atoms with E-state index in [1.54, 1.807) is 14.2 Å². The molecule has 1 aromatic carbocycles. The highest BCUT2D eigenvalue weighted by Gasteiger charge is 2.25. The first-order valence-electron chi connectivity index (χ1n) is 7.75. The van der Waals surface area contributed by atoms with Crippen molar-refractivity contribution >= 4 is 0 Å². The zero-order valence-electron chi connectivity index (χ0n) is 12.9. The molecule has 112 valence electrons. The van der Waals surface area contributed by atoms with Crippen LogP contribution in [-0.4, -0.2) is 26.8 Å². The largest absolute Gasteiger partial charge is 0.493 e. The third-order valence-corrected chi connectivity index (χ3v) is 4.32. The van der Waals surface area contributed by atoms with E-state index in [0.717, 1.165) is 18.0 Å². The van der Waals surface area contributed by atoms with Crippen molar-refractivity contribution in [3.63, 3.8) is 0 Å². The van der Waals surface area contributed by atoms with Gasteiger partial charge < -0.3 is 14.8 Å². The Morgan fingerprint density at radius 2 is 1.80 bits per heavy atom. The summed E-state index contributed by atoms with van der Waals surface area (Å²) < 4.78 is 10.8. The summed E-state index contributed by atoms with van der Waals surface area (Å²) in [6, 6.07) is 6.96. The Morgan fingerprint density at radius 3 is 2.50 bits per heavy atom. The van der Waals surface area contributed by atoms with E-state index < -0.39 is 0 Å². The number of ether oxygens (including phenoxy) is 2. The first kappa shape index (κ1) is 15.2. The Kier molecular flexibility index (Phi) is 5.72. The summed E-state index contributed by atoms with van der Waals surface area (Å²) in [7, 11) is 3.39. The van der Waals surface area contributed by atoms with Gasteiger partial charge in [-0.1, -0.05) is 32.3 Å². The van der Waals surface area contributed by atoms with E-state index in [9.17, 15) is 0 Å². The Labute approximate surface area is 122 Å². The molecule has 20 heavy (non-hydrogen) atoms. The molecule has 3 nitrogen and oxygen atoms in total. The van der Waals surface area contributed by atoms with Gasteiger partial charge in [0.05, 0.1) is 14.2 Å². The monoisotopic (exact) mass is 277 g/mol. The van der Waals surface area contributed by atoms with Crippen LogP contribution < -0.4 is 14.8 Å². The molecule has 1 aliphatic rings. The molecule has 1 aromatic rings. The van der Waals surface area contributed by atoms with E-state index in [-0.39, 0.29) is 0 Å². The third kappa shape index (κ3) is 3.45. The molecule has 1 saturated carbocycles. The molecule has 0 heterocycles. The molecule has 1 aliphatic carbocycles. The highest BCUT2D eigenvalue weighted by molar-refractivity contribution is 5.44. The SMILES string of the molecule is CCNC1CCCCCC1c1ccc(OC)c(OC)c1. The van der Waals surface area contributed by atoms with Gasteiger partial charge in [0.15, 0.2) is 11.5 Å². The minimum atomic E-state index is 0.581. The number of hydrogen-bond acceptors (Lipinski definition) is 3. The highest BCUT2D eigenvalue weighted by Crippen LogP contribution is 2.36. The fourth-order valence-electron chi connectivity index (χ4n) is 3.30. The summed E-state index contributed by atoms with van der Waals surface area (Å²) in [5, 5.41) is 3.67. The molecule has 2 rings (SSSR count). The molecule has 0 saturated heterocycles. The lowest BCUT2D eigenvalue weighted by Crippen LogP contribution is -2.34. The normalized spacial score (nSPS) is 23.1. The van der Waals surface area contributed by atoms with Crippen molar-refractivity contribution < 1.29 is 9.47 Å². The van der Waals surface area contributed by atoms with Crippen molar-refractivity contribution in [2.24, 2.45) is 0 Å². The number of nitrogens with one attached hydrogen (secondary N) is 1. The van der Waals surface area contributed by atoms with Crippen LogP contribution in [0.3, 0.4) is 0 Å². The van der Waals surface area contributed by atoms with Crippen LogP contribution in [0.15, 0.2) is 18.2 Å². The van der Waals surface area contributed by atoms with E-state index in [0.29, 0.717) is 12.0 Å². The van der Waals surface area contributed by atoms with Gasteiger partial charge in [-0.15, -0.1) is 0 Å². The van der Waals surface area contributed by atoms with Crippen LogP contribution in [0.5, 0.6) is 11.5 Å². The van der Waals surface area contributed by atoms with Gasteiger partial charge >= 0.3 is 0 Å². The highest BCUT2D eigenvalue weighted by atomic mass is 16.5. The van der Waals surface area contributed by atoms with E-state index in [1.165, 1.54) is 37.7 Å². The van der Waals surface area contributed by atoms with Crippen LogP contribution in [0.4, 0.5) is 0 Å². The Balaban J connectivity index is 2.26. The number of likely N-dealkylation sites (N-methyl/N-ethyl adjacent to an activating group) is 1. The number of hydrogen-bond donors (Lipinski definition) is 1. The molecule has 0 radical (unpaired) electrons. The first-order chi connectivity index (χ1) is 9.80. The van der Waals surface area contributed by atoms with Crippen molar-refractivity contribution in [1.29, 1.82) is 0 Å². The summed E-state index contributed by atoms with van der Waals surface area (Å²) in [6.45, 7) is 3.23. The quantitative estimate of drug-likeness (QED) is 0.832. The number of benzene rings is 1. The topological polar surface area (TPSA) is 30.5 Å². The lowest BCUT2D eigenvalue weighted by atomic mass is 9.87. The second-order valence-electron chi connectivity index (χ2n) is 5.52. The van der Waals surface area contributed by atoms with Crippen LogP contribution in [0.2, 0.25) is 0 Å². The average molecular weight is 277 g/mol. The van der Waals surface area contributed by atoms with Crippen LogP contribution >= 0.6 is 0 Å². The lowest BCUT2D eigenvalue weighted by Gasteiger charge is -2.27. The van der Waals surface area contributed by atoms with Crippen molar-refractivity contribution in [2.75, 3.05) is 20.8 Å². The maximum atomic E-state index is 5.45. The fourth-order valence-corrected chi connectivity index (χ4v) is 3.30. The Morgan fingerprint density at radius 1 is 1.05 bits per heavy atom. The zero-order chi connectivity index (χ0) is 14.4. The molecular formula is C17H27NO2. The molecule has 1 fully saturated rings. The zero-order valence-corrected chi connectivity index (χ0v) is 12.9. The Bertz CT molecular complexity index is 419. The maximum absolute atomic E-state index is 5.45. The van der Waals surface area contributed by atoms with Gasteiger partial charge in [-0.2, -0.15) is 0 Å². The predicted molar refractivity (Wildman–Crippen MR) is 82.8 cm³/mol. The van der Waals surface area contributed by atoms with Gasteiger partial charge in [-0.3, -0.25) is 0 Å². The van der Waals surface area contributed by atoms with Gasteiger partial charge in [0, 0.05) is 6.04 Å². The molecule has 0 aliphatic heterocycles. The minimum absolute atomic E-state index is 0.581. The van der Waals surface area contributed by atoms with Crippen LogP contribution in [0, 0.1) is 0 Å². The molecular weight excluding hydrogens is 250 g/mol. The van der Waals surface area contributed by atoms with E-state index in [2.05, 4.69) is 24.4 Å². The maximum Gasteiger partial charge on any atom is 0.160 e. The summed E-state index contributed by atoms with van der Waals surface area (Å²) in [5.41, 5.74) is 1.37. The molecule has 3 heteroatoms.